The summed E-state index contributed by atoms with van der Waals surface area (Å²) in [6, 6.07) is 0. The van der Waals surface area contributed by atoms with Crippen molar-refractivity contribution in [1.29, 1.82) is 0 Å². The van der Waals surface area contributed by atoms with Crippen LogP contribution in [0.1, 0.15) is 20.3 Å². The van der Waals surface area contributed by atoms with Crippen molar-refractivity contribution in [3.63, 3.8) is 0 Å². The second kappa shape index (κ2) is 2.92. The summed E-state index contributed by atoms with van der Waals surface area (Å²) in [6.45, 7) is 4.41. The van der Waals surface area contributed by atoms with Gasteiger partial charge in [-0.05, 0) is 12.3 Å². The number of hydrazine groups is 2. The van der Waals surface area contributed by atoms with E-state index in [9.17, 15) is 0 Å². The highest BCUT2D eigenvalue weighted by molar-refractivity contribution is 5.04. The summed E-state index contributed by atoms with van der Waals surface area (Å²) in [5.41, 5.74) is 7.25. The quantitative estimate of drug-likeness (QED) is 0.596. The van der Waals surface area contributed by atoms with Gasteiger partial charge < -0.3 is 5.43 Å². The molecule has 0 radical (unpaired) electrons. The van der Waals surface area contributed by atoms with Crippen LogP contribution in [-0.4, -0.2) is 12.1 Å². The molecule has 1 atom stereocenters. The van der Waals surface area contributed by atoms with Crippen LogP contribution < -0.4 is 11.0 Å². The lowest BCUT2D eigenvalue weighted by atomic mass is 10.1. The molecule has 0 bridgehead atoms. The van der Waals surface area contributed by atoms with E-state index in [1.54, 1.807) is 0 Å². The number of allylic oxidation sites excluding steroid dienone is 1. The lowest BCUT2D eigenvalue weighted by molar-refractivity contribution is 0.278. The first-order valence-electron chi connectivity index (χ1n) is 3.70. The van der Waals surface area contributed by atoms with E-state index in [1.165, 1.54) is 12.1 Å². The Morgan fingerprint density at radius 3 is 2.80 bits per heavy atom. The average molecular weight is 141 g/mol. The molecule has 1 rings (SSSR count). The molecular weight excluding hydrogens is 126 g/mol. The molecule has 1 aliphatic rings. The van der Waals surface area contributed by atoms with Crippen LogP contribution in [0.5, 0.6) is 0 Å². The molecule has 0 fully saturated rings. The maximum absolute atomic E-state index is 2.98. The Morgan fingerprint density at radius 2 is 2.40 bits per heavy atom. The summed E-state index contributed by atoms with van der Waals surface area (Å²) >= 11 is 0. The molecule has 1 heterocycles. The Balaban J connectivity index is 2.53. The molecule has 0 spiro atoms. The van der Waals surface area contributed by atoms with E-state index >= 15 is 0 Å². The zero-order valence-corrected chi connectivity index (χ0v) is 6.81. The smallest absolute Gasteiger partial charge is 0.0507 e. The molecule has 3 nitrogen and oxygen atoms in total. The number of nitrogens with one attached hydrogen (secondary N) is 2. The minimum absolute atomic E-state index is 0.632. The van der Waals surface area contributed by atoms with Gasteiger partial charge in [0.05, 0.1) is 5.70 Å². The van der Waals surface area contributed by atoms with Crippen molar-refractivity contribution in [3.05, 3.63) is 11.9 Å². The van der Waals surface area contributed by atoms with E-state index in [0.29, 0.717) is 5.92 Å². The molecule has 2 N–H and O–H groups in total. The molecular formula is C7H15N3. The van der Waals surface area contributed by atoms with Crippen molar-refractivity contribution >= 4 is 0 Å². The number of rotatable bonds is 2. The Kier molecular flexibility index (Phi) is 2.17. The van der Waals surface area contributed by atoms with E-state index in [1.807, 2.05) is 18.3 Å². The Labute approximate surface area is 62.0 Å². The third kappa shape index (κ3) is 1.24. The van der Waals surface area contributed by atoms with Crippen molar-refractivity contribution in [2.75, 3.05) is 7.05 Å². The van der Waals surface area contributed by atoms with Gasteiger partial charge in [0.1, 0.15) is 0 Å². The third-order valence-corrected chi connectivity index (χ3v) is 1.96. The first kappa shape index (κ1) is 7.41. The molecule has 0 aliphatic carbocycles. The fourth-order valence-corrected chi connectivity index (χ4v) is 1.05. The van der Waals surface area contributed by atoms with E-state index in [0.717, 1.165) is 0 Å². The zero-order chi connectivity index (χ0) is 7.56. The molecule has 0 aromatic heterocycles. The van der Waals surface area contributed by atoms with Gasteiger partial charge in [-0.2, -0.15) is 0 Å². The molecule has 58 valence electrons. The van der Waals surface area contributed by atoms with Crippen LogP contribution in [0.15, 0.2) is 11.9 Å². The lowest BCUT2D eigenvalue weighted by Crippen LogP contribution is -2.34. The molecule has 0 amide bonds. The maximum atomic E-state index is 2.98. The molecule has 1 unspecified atom stereocenters. The van der Waals surface area contributed by atoms with Gasteiger partial charge in [-0.1, -0.05) is 13.8 Å². The Hall–Kier alpha value is -0.700. The van der Waals surface area contributed by atoms with E-state index < -0.39 is 0 Å². The first-order chi connectivity index (χ1) is 4.75. The Bertz CT molecular complexity index is 142. The summed E-state index contributed by atoms with van der Waals surface area (Å²) in [7, 11) is 2.01. The summed E-state index contributed by atoms with van der Waals surface area (Å²) in [5.74, 6) is 0.632. The predicted molar refractivity (Wildman–Crippen MR) is 41.6 cm³/mol. The van der Waals surface area contributed by atoms with Gasteiger partial charge in [-0.3, -0.25) is 5.01 Å². The van der Waals surface area contributed by atoms with Gasteiger partial charge in [-0.15, -0.1) is 5.53 Å². The molecule has 1 aliphatic heterocycles. The van der Waals surface area contributed by atoms with Crippen LogP contribution in [0.3, 0.4) is 0 Å². The highest BCUT2D eigenvalue weighted by atomic mass is 15.7. The average Bonchev–Trinajstić information content (AvgIpc) is 2.34. The van der Waals surface area contributed by atoms with Crippen molar-refractivity contribution in [2.24, 2.45) is 5.92 Å². The van der Waals surface area contributed by atoms with Crippen molar-refractivity contribution in [2.45, 2.75) is 20.3 Å². The fourth-order valence-electron chi connectivity index (χ4n) is 1.05. The molecule has 0 aromatic rings. The molecule has 10 heavy (non-hydrogen) atoms. The second-order valence-electron chi connectivity index (χ2n) is 2.69. The summed E-state index contributed by atoms with van der Waals surface area (Å²) < 4.78 is 0. The van der Waals surface area contributed by atoms with Gasteiger partial charge in [0.25, 0.3) is 0 Å². The third-order valence-electron chi connectivity index (χ3n) is 1.96. The van der Waals surface area contributed by atoms with Gasteiger partial charge >= 0.3 is 0 Å². The largest absolute Gasteiger partial charge is 0.309 e. The number of nitrogens with zero attached hydrogens (tertiary/aromatic N) is 1. The number of hydrogen-bond acceptors (Lipinski definition) is 3. The standard InChI is InChI=1S/C7H15N3/c1-4-6(2)7-5-8-9-10(7)3/h5-6,8-9H,4H2,1-3H3. The first-order valence-corrected chi connectivity index (χ1v) is 3.70. The van der Waals surface area contributed by atoms with Gasteiger partial charge in [-0.25, -0.2) is 0 Å². The van der Waals surface area contributed by atoms with Gasteiger partial charge in [0, 0.05) is 13.2 Å². The predicted octanol–water partition coefficient (Wildman–Crippen LogP) is 0.829. The van der Waals surface area contributed by atoms with Crippen LogP contribution in [0, 0.1) is 5.92 Å². The highest BCUT2D eigenvalue weighted by Gasteiger charge is 2.14. The monoisotopic (exact) mass is 141 g/mol. The zero-order valence-electron chi connectivity index (χ0n) is 6.81. The summed E-state index contributed by atoms with van der Waals surface area (Å²) in [5, 5.41) is 2.01. The molecule has 3 heteroatoms. The number of hydrogen-bond donors (Lipinski definition) is 2. The van der Waals surface area contributed by atoms with Crippen LogP contribution in [0.2, 0.25) is 0 Å². The lowest BCUT2D eigenvalue weighted by Gasteiger charge is -2.18. The molecule has 0 aromatic carbocycles. The van der Waals surface area contributed by atoms with Crippen molar-refractivity contribution < 1.29 is 0 Å². The SMILES string of the molecule is CCC(C)C1=CNNN1C. The van der Waals surface area contributed by atoms with Crippen molar-refractivity contribution in [3.8, 4) is 0 Å². The summed E-state index contributed by atoms with van der Waals surface area (Å²) in [6.07, 6.45) is 3.19. The van der Waals surface area contributed by atoms with Crippen LogP contribution >= 0.6 is 0 Å². The molecule has 0 saturated heterocycles. The van der Waals surface area contributed by atoms with Gasteiger partial charge in [0.15, 0.2) is 0 Å². The van der Waals surface area contributed by atoms with Crippen molar-refractivity contribution in [1.82, 2.24) is 16.0 Å². The maximum Gasteiger partial charge on any atom is 0.0507 e. The highest BCUT2D eigenvalue weighted by Crippen LogP contribution is 2.16. The Morgan fingerprint density at radius 1 is 1.70 bits per heavy atom. The van der Waals surface area contributed by atoms with Crippen LogP contribution in [0.4, 0.5) is 0 Å². The minimum atomic E-state index is 0.632. The fraction of sp³-hybridized carbons (Fsp3) is 0.714. The molecule has 0 saturated carbocycles. The van der Waals surface area contributed by atoms with E-state index in [2.05, 4.69) is 24.8 Å². The normalized spacial score (nSPS) is 20.3. The van der Waals surface area contributed by atoms with Crippen LogP contribution in [-0.2, 0) is 0 Å². The van der Waals surface area contributed by atoms with E-state index in [-0.39, 0.29) is 0 Å². The van der Waals surface area contributed by atoms with Crippen LogP contribution in [0.25, 0.3) is 0 Å². The minimum Gasteiger partial charge on any atom is -0.309 e. The van der Waals surface area contributed by atoms with E-state index in [4.69, 9.17) is 0 Å². The van der Waals surface area contributed by atoms with Gasteiger partial charge in [0.2, 0.25) is 0 Å². The topological polar surface area (TPSA) is 27.3 Å². The second-order valence-corrected chi connectivity index (χ2v) is 2.69. The summed E-state index contributed by atoms with van der Waals surface area (Å²) in [4.78, 5) is 0.